The van der Waals surface area contributed by atoms with E-state index in [9.17, 15) is 0 Å². The van der Waals surface area contributed by atoms with Crippen LogP contribution >= 0.6 is 0 Å². The van der Waals surface area contributed by atoms with E-state index in [1.165, 1.54) is 0 Å². The Morgan fingerprint density at radius 1 is 0.905 bits per heavy atom. The van der Waals surface area contributed by atoms with Crippen LogP contribution in [-0.2, 0) is 7.05 Å². The van der Waals surface area contributed by atoms with Crippen LogP contribution in [0.5, 0.6) is 0 Å². The summed E-state index contributed by atoms with van der Waals surface area (Å²) in [4.78, 5) is 4.49. The normalized spacial score (nSPS) is 11.1. The summed E-state index contributed by atoms with van der Waals surface area (Å²) in [5.41, 5.74) is 4.03. The number of fused-ring (bicyclic) bond motifs is 1. The van der Waals surface area contributed by atoms with E-state index in [-0.39, 0.29) is 0 Å². The Bertz CT molecular complexity index is 905. The topological polar surface area (TPSA) is 48.5 Å². The molecule has 0 atom stereocenters. The van der Waals surface area contributed by atoms with Crippen molar-refractivity contribution in [2.75, 3.05) is 0 Å². The van der Waals surface area contributed by atoms with E-state index in [4.69, 9.17) is 0 Å². The molecular formula is C16H13N5. The fourth-order valence-electron chi connectivity index (χ4n) is 2.53. The van der Waals surface area contributed by atoms with Crippen molar-refractivity contribution in [3.8, 4) is 17.1 Å². The number of imidazole rings is 1. The van der Waals surface area contributed by atoms with Gasteiger partial charge in [-0.25, -0.2) is 4.98 Å². The first-order valence-corrected chi connectivity index (χ1v) is 6.70. The van der Waals surface area contributed by atoms with Crippen molar-refractivity contribution in [1.29, 1.82) is 0 Å². The molecule has 2 heterocycles. The second-order valence-electron chi connectivity index (χ2n) is 4.89. The van der Waals surface area contributed by atoms with E-state index in [1.807, 2.05) is 65.0 Å². The quantitative estimate of drug-likeness (QED) is 0.565. The van der Waals surface area contributed by atoms with Gasteiger partial charge in [-0.05, 0) is 24.3 Å². The summed E-state index contributed by atoms with van der Waals surface area (Å²) >= 11 is 0. The van der Waals surface area contributed by atoms with Crippen molar-refractivity contribution in [2.24, 2.45) is 7.05 Å². The minimum atomic E-state index is 0.797. The molecule has 0 unspecified atom stereocenters. The van der Waals surface area contributed by atoms with E-state index in [2.05, 4.69) is 21.2 Å². The molecule has 0 fully saturated rings. The lowest BCUT2D eigenvalue weighted by Gasteiger charge is -2.07. The Morgan fingerprint density at radius 2 is 1.76 bits per heavy atom. The average Bonchev–Trinajstić information content (AvgIpc) is 3.15. The zero-order valence-corrected chi connectivity index (χ0v) is 11.5. The molecule has 0 radical (unpaired) electrons. The lowest BCUT2D eigenvalue weighted by Crippen LogP contribution is -1.96. The number of aromatic nitrogens is 5. The number of hydrogen-bond donors (Lipinski definition) is 0. The third kappa shape index (κ3) is 1.82. The molecule has 2 aromatic carbocycles. The van der Waals surface area contributed by atoms with Gasteiger partial charge in [-0.2, -0.15) is 0 Å². The molecule has 5 heteroatoms. The van der Waals surface area contributed by atoms with Gasteiger partial charge in [-0.3, -0.25) is 4.57 Å². The average molecular weight is 275 g/mol. The minimum absolute atomic E-state index is 0.797. The van der Waals surface area contributed by atoms with Gasteiger partial charge in [0.15, 0.2) is 5.82 Å². The molecular weight excluding hydrogens is 262 g/mol. The van der Waals surface area contributed by atoms with Crippen molar-refractivity contribution in [1.82, 2.24) is 24.3 Å². The zero-order valence-electron chi connectivity index (χ0n) is 11.5. The molecule has 4 aromatic rings. The summed E-state index contributed by atoms with van der Waals surface area (Å²) in [6.07, 6.45) is 3.55. The van der Waals surface area contributed by atoms with Gasteiger partial charge >= 0.3 is 0 Å². The van der Waals surface area contributed by atoms with Gasteiger partial charge in [0, 0.05) is 18.3 Å². The maximum Gasteiger partial charge on any atom is 0.170 e. The molecule has 0 saturated heterocycles. The van der Waals surface area contributed by atoms with Crippen LogP contribution in [0, 0.1) is 0 Å². The van der Waals surface area contributed by atoms with Crippen molar-refractivity contribution < 1.29 is 0 Å². The monoisotopic (exact) mass is 275 g/mol. The van der Waals surface area contributed by atoms with Crippen LogP contribution in [-0.4, -0.2) is 24.3 Å². The molecule has 0 amide bonds. The van der Waals surface area contributed by atoms with E-state index in [1.54, 1.807) is 6.33 Å². The van der Waals surface area contributed by atoms with Gasteiger partial charge in [0.2, 0.25) is 0 Å². The van der Waals surface area contributed by atoms with Gasteiger partial charge in [0.25, 0.3) is 0 Å². The van der Waals surface area contributed by atoms with Crippen LogP contribution in [0.4, 0.5) is 0 Å². The summed E-state index contributed by atoms with van der Waals surface area (Å²) < 4.78 is 3.98. The van der Waals surface area contributed by atoms with Crippen LogP contribution in [0.25, 0.3) is 28.1 Å². The SMILES string of the molecule is Cn1cnc2c(-c3nncn3-c3ccccc3)cccc21. The highest BCUT2D eigenvalue weighted by Crippen LogP contribution is 2.27. The molecule has 5 nitrogen and oxygen atoms in total. The van der Waals surface area contributed by atoms with E-state index in [0.717, 1.165) is 28.1 Å². The highest BCUT2D eigenvalue weighted by atomic mass is 15.3. The largest absolute Gasteiger partial charge is 0.334 e. The standard InChI is InChI=1S/C16H13N5/c1-20-10-17-15-13(8-5-9-14(15)20)16-19-18-11-21(16)12-6-3-2-4-7-12/h2-11H,1H3. The number of nitrogens with zero attached hydrogens (tertiary/aromatic N) is 5. The summed E-state index contributed by atoms with van der Waals surface area (Å²) in [6, 6.07) is 16.2. The molecule has 0 bridgehead atoms. The number of rotatable bonds is 2. The van der Waals surface area contributed by atoms with E-state index < -0.39 is 0 Å². The fourth-order valence-corrected chi connectivity index (χ4v) is 2.53. The number of para-hydroxylation sites is 2. The zero-order chi connectivity index (χ0) is 14.2. The molecule has 0 aliphatic heterocycles. The molecule has 0 aliphatic carbocycles. The molecule has 21 heavy (non-hydrogen) atoms. The molecule has 0 N–H and O–H groups in total. The summed E-state index contributed by atoms with van der Waals surface area (Å²) in [5.74, 6) is 0.797. The molecule has 2 aromatic heterocycles. The molecule has 102 valence electrons. The molecule has 0 spiro atoms. The van der Waals surface area contributed by atoms with Crippen molar-refractivity contribution in [2.45, 2.75) is 0 Å². The minimum Gasteiger partial charge on any atom is -0.334 e. The lowest BCUT2D eigenvalue weighted by atomic mass is 10.1. The first kappa shape index (κ1) is 11.8. The van der Waals surface area contributed by atoms with Crippen LogP contribution in [0.3, 0.4) is 0 Å². The molecule has 4 rings (SSSR count). The highest BCUT2D eigenvalue weighted by molar-refractivity contribution is 5.90. The Morgan fingerprint density at radius 3 is 2.62 bits per heavy atom. The predicted octanol–water partition coefficient (Wildman–Crippen LogP) is 2.82. The number of benzene rings is 2. The first-order valence-electron chi connectivity index (χ1n) is 6.70. The van der Waals surface area contributed by atoms with Crippen LogP contribution in [0.1, 0.15) is 0 Å². The van der Waals surface area contributed by atoms with Gasteiger partial charge in [0.05, 0.1) is 17.4 Å². The van der Waals surface area contributed by atoms with Gasteiger partial charge in [0.1, 0.15) is 6.33 Å². The maximum atomic E-state index is 4.49. The number of hydrogen-bond acceptors (Lipinski definition) is 3. The van der Waals surface area contributed by atoms with Crippen LogP contribution in [0.2, 0.25) is 0 Å². The van der Waals surface area contributed by atoms with Gasteiger partial charge in [-0.15, -0.1) is 10.2 Å². The highest BCUT2D eigenvalue weighted by Gasteiger charge is 2.14. The van der Waals surface area contributed by atoms with Crippen LogP contribution < -0.4 is 0 Å². The Balaban J connectivity index is 1.97. The van der Waals surface area contributed by atoms with Gasteiger partial charge < -0.3 is 4.57 Å². The fraction of sp³-hybridized carbons (Fsp3) is 0.0625. The summed E-state index contributed by atoms with van der Waals surface area (Å²) in [5, 5.41) is 8.35. The second kappa shape index (κ2) is 4.56. The Labute approximate surface area is 121 Å². The van der Waals surface area contributed by atoms with Crippen molar-refractivity contribution in [3.63, 3.8) is 0 Å². The van der Waals surface area contributed by atoms with Crippen LogP contribution in [0.15, 0.2) is 61.2 Å². The molecule has 0 aliphatic rings. The maximum absolute atomic E-state index is 4.49. The lowest BCUT2D eigenvalue weighted by molar-refractivity contribution is 0.948. The first-order chi connectivity index (χ1) is 10.3. The number of aryl methyl sites for hydroxylation is 1. The smallest absolute Gasteiger partial charge is 0.170 e. The third-order valence-corrected chi connectivity index (χ3v) is 3.58. The van der Waals surface area contributed by atoms with Crippen molar-refractivity contribution >= 4 is 11.0 Å². The molecule has 0 saturated carbocycles. The predicted molar refractivity (Wildman–Crippen MR) is 81.1 cm³/mol. The van der Waals surface area contributed by atoms with Gasteiger partial charge in [-0.1, -0.05) is 24.3 Å². The Kier molecular flexibility index (Phi) is 2.57. The summed E-state index contributed by atoms with van der Waals surface area (Å²) in [7, 11) is 1.99. The van der Waals surface area contributed by atoms with E-state index in [0.29, 0.717) is 0 Å². The third-order valence-electron chi connectivity index (χ3n) is 3.58. The van der Waals surface area contributed by atoms with E-state index >= 15 is 0 Å². The summed E-state index contributed by atoms with van der Waals surface area (Å²) in [6.45, 7) is 0. The van der Waals surface area contributed by atoms with Crippen molar-refractivity contribution in [3.05, 3.63) is 61.2 Å². The Hall–Kier alpha value is -2.95. The second-order valence-corrected chi connectivity index (χ2v) is 4.89.